The Kier molecular flexibility index (Phi) is 6.30. The second-order valence-corrected chi connectivity index (χ2v) is 9.55. The molecule has 6 nitrogen and oxygen atoms in total. The van der Waals surface area contributed by atoms with Crippen LogP contribution < -0.4 is 10.2 Å². The number of benzene rings is 1. The molecule has 2 aliphatic heterocycles. The molecular formula is C24H29F3N4O2. The fraction of sp³-hybridized carbons (Fsp3) is 0.625. The number of hydrogen-bond acceptors (Lipinski definition) is 4. The fourth-order valence-electron chi connectivity index (χ4n) is 5.20. The van der Waals surface area contributed by atoms with Gasteiger partial charge in [-0.1, -0.05) is 6.92 Å². The number of alkyl halides is 3. The molecule has 1 aliphatic carbocycles. The Morgan fingerprint density at radius 3 is 2.52 bits per heavy atom. The van der Waals surface area contributed by atoms with Crippen LogP contribution in [0.2, 0.25) is 0 Å². The maximum absolute atomic E-state index is 13.5. The zero-order valence-corrected chi connectivity index (χ0v) is 18.7. The first-order valence-corrected chi connectivity index (χ1v) is 11.6. The predicted octanol–water partition coefficient (Wildman–Crippen LogP) is 3.70. The van der Waals surface area contributed by atoms with E-state index < -0.39 is 22.7 Å². The van der Waals surface area contributed by atoms with E-state index in [2.05, 4.69) is 5.32 Å². The molecule has 0 bridgehead atoms. The average Bonchev–Trinajstić information content (AvgIpc) is 3.52. The van der Waals surface area contributed by atoms with Crippen LogP contribution in [0.25, 0.3) is 0 Å². The molecule has 4 rings (SSSR count). The number of nitriles is 1. The van der Waals surface area contributed by atoms with Crippen LogP contribution in [-0.4, -0.2) is 48.9 Å². The quantitative estimate of drug-likeness (QED) is 0.724. The van der Waals surface area contributed by atoms with E-state index in [4.69, 9.17) is 5.26 Å². The van der Waals surface area contributed by atoms with E-state index in [-0.39, 0.29) is 23.8 Å². The number of rotatable bonds is 5. The van der Waals surface area contributed by atoms with Crippen LogP contribution in [0.3, 0.4) is 0 Å². The lowest BCUT2D eigenvalue weighted by atomic mass is 9.70. The van der Waals surface area contributed by atoms with Gasteiger partial charge in [0.25, 0.3) is 0 Å². The Bertz CT molecular complexity index is 959. The summed E-state index contributed by atoms with van der Waals surface area (Å²) >= 11 is 0. The molecule has 1 spiro atoms. The molecular weight excluding hydrogens is 433 g/mol. The molecule has 0 radical (unpaired) electrons. The van der Waals surface area contributed by atoms with Crippen molar-refractivity contribution >= 4 is 17.5 Å². The van der Waals surface area contributed by atoms with Gasteiger partial charge in [-0.15, -0.1) is 0 Å². The van der Waals surface area contributed by atoms with Crippen molar-refractivity contribution in [2.45, 2.75) is 57.7 Å². The van der Waals surface area contributed by atoms with Gasteiger partial charge in [-0.05, 0) is 50.3 Å². The summed E-state index contributed by atoms with van der Waals surface area (Å²) in [6.07, 6.45) is -0.157. The second kappa shape index (κ2) is 8.88. The van der Waals surface area contributed by atoms with Gasteiger partial charge in [0.05, 0.1) is 23.1 Å². The lowest BCUT2D eigenvalue weighted by Gasteiger charge is -2.42. The van der Waals surface area contributed by atoms with Crippen LogP contribution in [-0.2, 0) is 15.8 Å². The molecule has 3 fully saturated rings. The summed E-state index contributed by atoms with van der Waals surface area (Å²) in [7, 11) is 0. The van der Waals surface area contributed by atoms with Gasteiger partial charge >= 0.3 is 6.18 Å². The maximum atomic E-state index is 13.5. The molecule has 1 saturated carbocycles. The highest BCUT2D eigenvalue weighted by atomic mass is 19.4. The third-order valence-electron chi connectivity index (χ3n) is 7.26. The lowest BCUT2D eigenvalue weighted by molar-refractivity contribution is -0.138. The molecule has 1 unspecified atom stereocenters. The van der Waals surface area contributed by atoms with Gasteiger partial charge in [0.1, 0.15) is 0 Å². The summed E-state index contributed by atoms with van der Waals surface area (Å²) < 4.78 is 40.5. The van der Waals surface area contributed by atoms with Gasteiger partial charge in [-0.2, -0.15) is 18.4 Å². The van der Waals surface area contributed by atoms with Gasteiger partial charge in [-0.3, -0.25) is 9.59 Å². The van der Waals surface area contributed by atoms with Crippen molar-refractivity contribution in [2.75, 3.05) is 31.1 Å². The Morgan fingerprint density at radius 1 is 1.24 bits per heavy atom. The Balaban J connectivity index is 1.59. The highest BCUT2D eigenvalue weighted by Crippen LogP contribution is 2.47. The van der Waals surface area contributed by atoms with E-state index in [0.717, 1.165) is 25.3 Å². The van der Waals surface area contributed by atoms with Crippen LogP contribution >= 0.6 is 0 Å². The van der Waals surface area contributed by atoms with E-state index in [1.54, 1.807) is 6.07 Å². The fourth-order valence-corrected chi connectivity index (χ4v) is 5.20. The minimum atomic E-state index is -4.63. The smallest absolute Gasteiger partial charge is 0.370 e. The van der Waals surface area contributed by atoms with Crippen LogP contribution in [0, 0.1) is 22.7 Å². The number of carbonyl (C=O) groups excluding carboxylic acids is 2. The number of piperidine rings is 1. The molecule has 1 aromatic carbocycles. The standard InChI is InChI=1S/C24H29F3N4O2/c1-2-3-21(32)30-10-8-23(9-11-30)15-31(14-20(23)22(33)29-17-5-6-17)18-7-4-16(13-28)19(12-18)24(25,26)27/h4,7,12,17,20H,2-3,5-6,8-11,14-15H2,1H3,(H,29,33). The van der Waals surface area contributed by atoms with E-state index in [1.165, 1.54) is 12.1 Å². The molecule has 1 N–H and O–H groups in total. The first kappa shape index (κ1) is 23.4. The minimum Gasteiger partial charge on any atom is -0.370 e. The molecule has 9 heteroatoms. The number of likely N-dealkylation sites (tertiary alicyclic amines) is 1. The SMILES string of the molecule is CCCC(=O)N1CCC2(CC1)CN(c1ccc(C#N)c(C(F)(F)F)c1)CC2C(=O)NC1CC1. The Labute approximate surface area is 191 Å². The van der Waals surface area contributed by atoms with Crippen LogP contribution in [0.1, 0.15) is 56.6 Å². The molecule has 2 amide bonds. The number of nitrogens with zero attached hydrogens (tertiary/aromatic N) is 3. The number of halogens is 3. The second-order valence-electron chi connectivity index (χ2n) is 9.55. The first-order chi connectivity index (χ1) is 15.7. The third-order valence-corrected chi connectivity index (χ3v) is 7.26. The molecule has 178 valence electrons. The molecule has 0 aromatic heterocycles. The summed E-state index contributed by atoms with van der Waals surface area (Å²) in [6.45, 7) is 3.85. The van der Waals surface area contributed by atoms with Crippen molar-refractivity contribution in [3.05, 3.63) is 29.3 Å². The van der Waals surface area contributed by atoms with Crippen molar-refractivity contribution in [1.82, 2.24) is 10.2 Å². The van der Waals surface area contributed by atoms with Crippen LogP contribution in [0.5, 0.6) is 0 Å². The van der Waals surface area contributed by atoms with Gasteiger partial charge in [0.15, 0.2) is 0 Å². The topological polar surface area (TPSA) is 76.4 Å². The Hall–Kier alpha value is -2.76. The summed E-state index contributed by atoms with van der Waals surface area (Å²) in [5, 5.41) is 12.2. The number of amides is 2. The van der Waals surface area contributed by atoms with Crippen molar-refractivity contribution in [3.63, 3.8) is 0 Å². The number of anilines is 1. The number of carbonyl (C=O) groups is 2. The monoisotopic (exact) mass is 462 g/mol. The van der Waals surface area contributed by atoms with Crippen molar-refractivity contribution < 1.29 is 22.8 Å². The molecule has 2 heterocycles. The van der Waals surface area contributed by atoms with Crippen molar-refractivity contribution in [1.29, 1.82) is 5.26 Å². The summed E-state index contributed by atoms with van der Waals surface area (Å²) in [6, 6.07) is 5.57. The normalized spacial score (nSPS) is 22.3. The zero-order chi connectivity index (χ0) is 23.8. The molecule has 1 aromatic rings. The first-order valence-electron chi connectivity index (χ1n) is 11.6. The van der Waals surface area contributed by atoms with Crippen molar-refractivity contribution in [3.8, 4) is 6.07 Å². The molecule has 2 saturated heterocycles. The summed E-state index contributed by atoms with van der Waals surface area (Å²) in [5.41, 5.74) is -1.39. The molecule has 33 heavy (non-hydrogen) atoms. The Morgan fingerprint density at radius 2 is 1.94 bits per heavy atom. The summed E-state index contributed by atoms with van der Waals surface area (Å²) in [5.74, 6) is -0.285. The largest absolute Gasteiger partial charge is 0.417 e. The zero-order valence-electron chi connectivity index (χ0n) is 18.7. The van der Waals surface area contributed by atoms with Crippen molar-refractivity contribution in [2.24, 2.45) is 11.3 Å². The average molecular weight is 463 g/mol. The number of nitrogens with one attached hydrogen (secondary N) is 1. The van der Waals surface area contributed by atoms with Crippen LogP contribution in [0.4, 0.5) is 18.9 Å². The minimum absolute atomic E-state index is 0.0435. The van der Waals surface area contributed by atoms with Gasteiger partial charge in [0, 0.05) is 49.7 Å². The van der Waals surface area contributed by atoms with E-state index in [9.17, 15) is 22.8 Å². The maximum Gasteiger partial charge on any atom is 0.417 e. The van der Waals surface area contributed by atoms with Gasteiger partial charge < -0.3 is 15.1 Å². The third kappa shape index (κ3) is 4.80. The predicted molar refractivity (Wildman–Crippen MR) is 116 cm³/mol. The number of hydrogen-bond donors (Lipinski definition) is 1. The van der Waals surface area contributed by atoms with E-state index >= 15 is 0 Å². The van der Waals surface area contributed by atoms with Gasteiger partial charge in [0.2, 0.25) is 11.8 Å². The van der Waals surface area contributed by atoms with E-state index in [1.807, 2.05) is 16.7 Å². The summed E-state index contributed by atoms with van der Waals surface area (Å²) in [4.78, 5) is 29.2. The van der Waals surface area contributed by atoms with Crippen LogP contribution in [0.15, 0.2) is 18.2 Å². The lowest BCUT2D eigenvalue weighted by Crippen LogP contribution is -2.50. The molecule has 3 aliphatic rings. The van der Waals surface area contributed by atoms with Gasteiger partial charge in [-0.25, -0.2) is 0 Å². The molecule has 1 atom stereocenters. The van der Waals surface area contributed by atoms with E-state index in [0.29, 0.717) is 51.1 Å². The highest BCUT2D eigenvalue weighted by molar-refractivity contribution is 5.82. The highest BCUT2D eigenvalue weighted by Gasteiger charge is 2.52.